The molecule has 2 fully saturated rings. The Morgan fingerprint density at radius 1 is 0.591 bits per heavy atom. The summed E-state index contributed by atoms with van der Waals surface area (Å²) in [7, 11) is 2.13. The highest BCUT2D eigenvalue weighted by Gasteiger charge is 2.21. The van der Waals surface area contributed by atoms with Crippen molar-refractivity contribution in [1.82, 2.24) is 5.32 Å². The molecule has 2 heteroatoms. The lowest BCUT2D eigenvalue weighted by atomic mass is 9.95. The zero-order chi connectivity index (χ0) is 15.5. The quantitative estimate of drug-likeness (QED) is 0.733. The van der Waals surface area contributed by atoms with Gasteiger partial charge in [-0.3, -0.25) is 0 Å². The number of nitrogens with one attached hydrogen (secondary N) is 1. The Balaban J connectivity index is 1.84. The average Bonchev–Trinajstić information content (AvgIpc) is 2.67. The first-order valence-electron chi connectivity index (χ1n) is 10.2. The molecule has 2 aliphatic rings. The standard InChI is InChI=1S/C20H39NO/c1-21-18-13-9-5-4-8-12-16-20(17-18)22-19-14-10-6-2-3-7-11-15-19/h18-21H,2-17H2,1H3. The SMILES string of the molecule is CNC1CCCCCCCC(OC2CCCCCCCC2)C1. The summed E-state index contributed by atoms with van der Waals surface area (Å²) in [5.41, 5.74) is 0. The van der Waals surface area contributed by atoms with Gasteiger partial charge in [0.1, 0.15) is 0 Å². The molecule has 0 radical (unpaired) electrons. The lowest BCUT2D eigenvalue weighted by molar-refractivity contribution is -0.0355. The maximum atomic E-state index is 6.65. The van der Waals surface area contributed by atoms with E-state index in [-0.39, 0.29) is 0 Å². The van der Waals surface area contributed by atoms with Gasteiger partial charge in [-0.2, -0.15) is 0 Å². The van der Waals surface area contributed by atoms with Gasteiger partial charge in [-0.15, -0.1) is 0 Å². The Kier molecular flexibility index (Phi) is 9.51. The monoisotopic (exact) mass is 309 g/mol. The second-order valence-electron chi connectivity index (χ2n) is 7.65. The van der Waals surface area contributed by atoms with Crippen LogP contribution in [0.1, 0.15) is 103 Å². The molecule has 0 aromatic rings. The first kappa shape index (κ1) is 18.3. The van der Waals surface area contributed by atoms with Crippen LogP contribution in [0, 0.1) is 0 Å². The molecule has 0 heterocycles. The second-order valence-corrected chi connectivity index (χ2v) is 7.65. The molecule has 2 aliphatic carbocycles. The van der Waals surface area contributed by atoms with E-state index in [0.717, 1.165) is 0 Å². The van der Waals surface area contributed by atoms with Crippen molar-refractivity contribution >= 4 is 0 Å². The molecule has 2 unspecified atom stereocenters. The first-order valence-corrected chi connectivity index (χ1v) is 10.2. The number of hydrogen-bond donors (Lipinski definition) is 1. The minimum Gasteiger partial charge on any atom is -0.375 e. The summed E-state index contributed by atoms with van der Waals surface area (Å²) in [6.45, 7) is 0. The molecule has 0 aromatic heterocycles. The summed E-state index contributed by atoms with van der Waals surface area (Å²) in [5, 5.41) is 3.54. The summed E-state index contributed by atoms with van der Waals surface area (Å²) in [4.78, 5) is 0. The summed E-state index contributed by atoms with van der Waals surface area (Å²) in [5.74, 6) is 0. The van der Waals surface area contributed by atoms with Crippen molar-refractivity contribution in [1.29, 1.82) is 0 Å². The summed E-state index contributed by atoms with van der Waals surface area (Å²) >= 11 is 0. The molecular formula is C20H39NO. The molecule has 130 valence electrons. The third-order valence-electron chi connectivity index (χ3n) is 5.72. The fourth-order valence-electron chi connectivity index (χ4n) is 4.24. The highest BCUT2D eigenvalue weighted by molar-refractivity contribution is 4.75. The van der Waals surface area contributed by atoms with E-state index in [2.05, 4.69) is 12.4 Å². The van der Waals surface area contributed by atoms with E-state index in [4.69, 9.17) is 4.74 Å². The maximum Gasteiger partial charge on any atom is 0.0593 e. The van der Waals surface area contributed by atoms with Gasteiger partial charge in [0.2, 0.25) is 0 Å². The number of rotatable bonds is 3. The Morgan fingerprint density at radius 2 is 1.05 bits per heavy atom. The highest BCUT2D eigenvalue weighted by atomic mass is 16.5. The van der Waals surface area contributed by atoms with Gasteiger partial charge in [0.05, 0.1) is 12.2 Å². The van der Waals surface area contributed by atoms with Crippen LogP contribution >= 0.6 is 0 Å². The number of hydrogen-bond acceptors (Lipinski definition) is 2. The summed E-state index contributed by atoms with van der Waals surface area (Å²) in [6.07, 6.45) is 23.0. The average molecular weight is 310 g/mol. The van der Waals surface area contributed by atoms with E-state index in [1.54, 1.807) is 0 Å². The van der Waals surface area contributed by atoms with Crippen molar-refractivity contribution in [3.8, 4) is 0 Å². The molecule has 0 aliphatic heterocycles. The molecule has 1 N–H and O–H groups in total. The normalized spacial score (nSPS) is 31.0. The molecule has 0 bridgehead atoms. The van der Waals surface area contributed by atoms with E-state index in [1.807, 2.05) is 0 Å². The molecular weight excluding hydrogens is 270 g/mol. The van der Waals surface area contributed by atoms with Crippen molar-refractivity contribution in [3.05, 3.63) is 0 Å². The van der Waals surface area contributed by atoms with Crippen molar-refractivity contribution in [2.24, 2.45) is 0 Å². The van der Waals surface area contributed by atoms with Crippen LogP contribution in [0.15, 0.2) is 0 Å². The fraction of sp³-hybridized carbons (Fsp3) is 1.00. The lowest BCUT2D eigenvalue weighted by Gasteiger charge is -2.29. The van der Waals surface area contributed by atoms with Gasteiger partial charge >= 0.3 is 0 Å². The van der Waals surface area contributed by atoms with Gasteiger partial charge < -0.3 is 10.1 Å². The fourth-order valence-corrected chi connectivity index (χ4v) is 4.24. The Hall–Kier alpha value is -0.0800. The molecule has 22 heavy (non-hydrogen) atoms. The van der Waals surface area contributed by atoms with E-state index in [0.29, 0.717) is 18.2 Å². The van der Waals surface area contributed by atoms with Gasteiger partial charge in [0.15, 0.2) is 0 Å². The lowest BCUT2D eigenvalue weighted by Crippen LogP contribution is -2.33. The van der Waals surface area contributed by atoms with Crippen molar-refractivity contribution < 1.29 is 4.74 Å². The second kappa shape index (κ2) is 11.5. The molecule has 0 aromatic carbocycles. The van der Waals surface area contributed by atoms with E-state index >= 15 is 0 Å². The van der Waals surface area contributed by atoms with Gasteiger partial charge in [0, 0.05) is 6.04 Å². The topological polar surface area (TPSA) is 21.3 Å². The van der Waals surface area contributed by atoms with Crippen LogP contribution in [0.5, 0.6) is 0 Å². The molecule has 2 saturated carbocycles. The van der Waals surface area contributed by atoms with Crippen LogP contribution in [0.25, 0.3) is 0 Å². The summed E-state index contributed by atoms with van der Waals surface area (Å²) < 4.78 is 6.65. The molecule has 2 rings (SSSR count). The van der Waals surface area contributed by atoms with Crippen LogP contribution < -0.4 is 5.32 Å². The van der Waals surface area contributed by atoms with E-state index in [1.165, 1.54) is 103 Å². The molecule has 0 saturated heterocycles. The van der Waals surface area contributed by atoms with Crippen LogP contribution in [0.3, 0.4) is 0 Å². The zero-order valence-electron chi connectivity index (χ0n) is 15.0. The largest absolute Gasteiger partial charge is 0.375 e. The molecule has 0 spiro atoms. The van der Waals surface area contributed by atoms with Crippen molar-refractivity contribution in [2.45, 2.75) is 121 Å². The minimum atomic E-state index is 0.501. The minimum absolute atomic E-state index is 0.501. The first-order chi connectivity index (χ1) is 10.9. The smallest absolute Gasteiger partial charge is 0.0593 e. The predicted molar refractivity (Wildman–Crippen MR) is 95.4 cm³/mol. The van der Waals surface area contributed by atoms with Crippen LogP contribution in [0.4, 0.5) is 0 Å². The Labute approximate surface area is 138 Å². The third kappa shape index (κ3) is 7.46. The van der Waals surface area contributed by atoms with E-state index < -0.39 is 0 Å². The van der Waals surface area contributed by atoms with Gasteiger partial charge in [0.25, 0.3) is 0 Å². The summed E-state index contributed by atoms with van der Waals surface area (Å²) in [6, 6.07) is 0.666. The van der Waals surface area contributed by atoms with Gasteiger partial charge in [-0.05, 0) is 39.2 Å². The Bertz CT molecular complexity index is 258. The zero-order valence-corrected chi connectivity index (χ0v) is 15.0. The van der Waals surface area contributed by atoms with E-state index in [9.17, 15) is 0 Å². The third-order valence-corrected chi connectivity index (χ3v) is 5.72. The van der Waals surface area contributed by atoms with Crippen LogP contribution in [-0.2, 0) is 4.74 Å². The van der Waals surface area contributed by atoms with Crippen molar-refractivity contribution in [2.75, 3.05) is 7.05 Å². The predicted octanol–water partition coefficient (Wildman–Crippen LogP) is 5.60. The van der Waals surface area contributed by atoms with Gasteiger partial charge in [-0.1, -0.05) is 70.6 Å². The molecule has 2 atom stereocenters. The molecule has 2 nitrogen and oxygen atoms in total. The maximum absolute atomic E-state index is 6.65. The van der Waals surface area contributed by atoms with Crippen LogP contribution in [0.2, 0.25) is 0 Å². The Morgan fingerprint density at radius 3 is 1.59 bits per heavy atom. The van der Waals surface area contributed by atoms with Crippen molar-refractivity contribution in [3.63, 3.8) is 0 Å². The van der Waals surface area contributed by atoms with Crippen LogP contribution in [-0.4, -0.2) is 25.3 Å². The number of ether oxygens (including phenoxy) is 1. The molecule has 0 amide bonds. The highest BCUT2D eigenvalue weighted by Crippen LogP contribution is 2.25. The van der Waals surface area contributed by atoms with Gasteiger partial charge in [-0.25, -0.2) is 0 Å².